The maximum atomic E-state index is 3.38. The average Bonchev–Trinajstić information content (AvgIpc) is 2.72. The highest BCUT2D eigenvalue weighted by Crippen LogP contribution is 2.46. The van der Waals surface area contributed by atoms with Gasteiger partial charge in [0.15, 0.2) is 0 Å². The molecule has 1 aliphatic rings. The van der Waals surface area contributed by atoms with Crippen LogP contribution in [0.3, 0.4) is 0 Å². The van der Waals surface area contributed by atoms with Crippen LogP contribution in [-0.4, -0.2) is 0 Å². The van der Waals surface area contributed by atoms with Crippen molar-refractivity contribution in [3.63, 3.8) is 0 Å². The Morgan fingerprint density at radius 2 is 2.31 bits per heavy atom. The van der Waals surface area contributed by atoms with E-state index in [4.69, 9.17) is 0 Å². The molecule has 2 aromatic rings. The van der Waals surface area contributed by atoms with E-state index >= 15 is 0 Å². The lowest BCUT2D eigenvalue weighted by Crippen LogP contribution is -1.77. The Morgan fingerprint density at radius 1 is 1.38 bits per heavy atom. The summed E-state index contributed by atoms with van der Waals surface area (Å²) in [6, 6.07) is 4.30. The summed E-state index contributed by atoms with van der Waals surface area (Å²) in [6.07, 6.45) is 2.76. The van der Waals surface area contributed by atoms with Crippen LogP contribution in [-0.2, 0) is 0 Å². The van der Waals surface area contributed by atoms with Gasteiger partial charge in [0.25, 0.3) is 0 Å². The van der Waals surface area contributed by atoms with Crippen LogP contribution < -0.4 is 0 Å². The zero-order valence-corrected chi connectivity index (χ0v) is 8.75. The van der Waals surface area contributed by atoms with Crippen molar-refractivity contribution in [1.29, 1.82) is 0 Å². The van der Waals surface area contributed by atoms with Gasteiger partial charge in [-0.15, -0.1) is 22.7 Å². The van der Waals surface area contributed by atoms with E-state index in [1.165, 1.54) is 28.8 Å². The second kappa shape index (κ2) is 2.96. The third kappa shape index (κ3) is 1.34. The predicted octanol–water partition coefficient (Wildman–Crippen LogP) is 4.15. The zero-order valence-electron chi connectivity index (χ0n) is 7.12. The van der Waals surface area contributed by atoms with Crippen LogP contribution >= 0.6 is 22.7 Å². The van der Waals surface area contributed by atoms with E-state index < -0.39 is 0 Å². The predicted molar refractivity (Wildman–Crippen MR) is 58.4 cm³/mol. The molecule has 0 saturated heterocycles. The molecule has 0 N–H and O–H groups in total. The maximum Gasteiger partial charge on any atom is 0.0538 e. The molecule has 0 spiro atoms. The van der Waals surface area contributed by atoms with Gasteiger partial charge < -0.3 is 0 Å². The maximum absolute atomic E-state index is 3.38. The molecule has 0 unspecified atom stereocenters. The molecule has 65 valence electrons. The fraction of sp³-hybridized carbons (Fsp3) is 0.273. The first-order valence-corrected chi connectivity index (χ1v) is 6.24. The molecule has 2 heterocycles. The van der Waals surface area contributed by atoms with Crippen LogP contribution in [0, 0.1) is 5.38 Å². The van der Waals surface area contributed by atoms with Crippen molar-refractivity contribution in [2.24, 2.45) is 0 Å². The quantitative estimate of drug-likeness (QED) is 0.690. The van der Waals surface area contributed by atoms with Crippen LogP contribution in [0.4, 0.5) is 0 Å². The Hall–Kier alpha value is -0.600. The van der Waals surface area contributed by atoms with Crippen molar-refractivity contribution in [2.75, 3.05) is 0 Å². The number of hydrogen-bond acceptors (Lipinski definition) is 2. The Balaban J connectivity index is 2.08. The lowest BCUT2D eigenvalue weighted by atomic mass is 10.1. The third-order valence-electron chi connectivity index (χ3n) is 2.42. The van der Waals surface area contributed by atoms with E-state index in [0.29, 0.717) is 0 Å². The number of thiophene rings is 2. The van der Waals surface area contributed by atoms with E-state index in [-0.39, 0.29) is 0 Å². The van der Waals surface area contributed by atoms with Gasteiger partial charge in [-0.05, 0) is 41.1 Å². The first kappa shape index (κ1) is 7.77. The molecule has 1 radical (unpaired) electrons. The minimum Gasteiger partial charge on any atom is -0.144 e. The molecule has 1 aliphatic carbocycles. The van der Waals surface area contributed by atoms with Gasteiger partial charge in [0.2, 0.25) is 0 Å². The molecule has 1 saturated carbocycles. The van der Waals surface area contributed by atoms with E-state index in [9.17, 15) is 0 Å². The van der Waals surface area contributed by atoms with Crippen molar-refractivity contribution in [3.8, 4) is 10.4 Å². The monoisotopic (exact) mass is 205 g/mol. The summed E-state index contributed by atoms with van der Waals surface area (Å²) in [4.78, 5) is 1.38. The molecule has 0 aromatic carbocycles. The van der Waals surface area contributed by atoms with Gasteiger partial charge in [-0.2, -0.15) is 0 Å². The van der Waals surface area contributed by atoms with Crippen molar-refractivity contribution in [1.82, 2.24) is 0 Å². The number of hydrogen-bond donors (Lipinski definition) is 0. The highest BCUT2D eigenvalue weighted by Gasteiger charge is 2.27. The highest BCUT2D eigenvalue weighted by atomic mass is 32.1. The van der Waals surface area contributed by atoms with Gasteiger partial charge in [0, 0.05) is 10.4 Å². The molecule has 0 aliphatic heterocycles. The molecule has 1 fully saturated rings. The smallest absolute Gasteiger partial charge is 0.0538 e. The second-order valence-electron chi connectivity index (χ2n) is 3.42. The van der Waals surface area contributed by atoms with Crippen molar-refractivity contribution < 1.29 is 0 Å². The minimum absolute atomic E-state index is 0.847. The summed E-state index contributed by atoms with van der Waals surface area (Å²) in [7, 11) is 0. The van der Waals surface area contributed by atoms with E-state index in [1.807, 2.05) is 11.3 Å². The summed E-state index contributed by atoms with van der Waals surface area (Å²) >= 11 is 3.53. The van der Waals surface area contributed by atoms with Gasteiger partial charge in [0.05, 0.1) is 5.38 Å². The van der Waals surface area contributed by atoms with Gasteiger partial charge in [-0.3, -0.25) is 0 Å². The molecule has 0 nitrogen and oxygen atoms in total. The molecular formula is C11H9S2. The number of rotatable bonds is 2. The fourth-order valence-electron chi connectivity index (χ4n) is 1.58. The van der Waals surface area contributed by atoms with Crippen LogP contribution in [0.1, 0.15) is 24.3 Å². The molecule has 13 heavy (non-hydrogen) atoms. The molecule has 2 heteroatoms. The van der Waals surface area contributed by atoms with E-state index in [0.717, 1.165) is 5.92 Å². The molecule has 0 atom stereocenters. The van der Waals surface area contributed by atoms with Crippen LogP contribution in [0.15, 0.2) is 22.9 Å². The van der Waals surface area contributed by atoms with Gasteiger partial charge in [0.1, 0.15) is 0 Å². The van der Waals surface area contributed by atoms with E-state index in [2.05, 4.69) is 28.3 Å². The first-order chi connectivity index (χ1) is 6.45. The van der Waals surface area contributed by atoms with Gasteiger partial charge in [-0.1, -0.05) is 6.07 Å². The second-order valence-corrected chi connectivity index (χ2v) is 5.04. The minimum atomic E-state index is 0.847. The Bertz CT molecular complexity index is 393. The van der Waals surface area contributed by atoms with Crippen molar-refractivity contribution in [2.45, 2.75) is 18.8 Å². The molecular weight excluding hydrogens is 196 g/mol. The Morgan fingerprint density at radius 3 is 3.00 bits per heavy atom. The molecule has 0 bridgehead atoms. The SMILES string of the molecule is [c]1scc(C2CC2)c1-c1cccs1. The summed E-state index contributed by atoms with van der Waals surface area (Å²) in [5.74, 6) is 0.847. The van der Waals surface area contributed by atoms with Crippen molar-refractivity contribution in [3.05, 3.63) is 33.8 Å². The molecule has 0 amide bonds. The first-order valence-electron chi connectivity index (χ1n) is 4.48. The standard InChI is InChI=1S/C11H9S2/c1-2-11(13-5-1)10-7-12-6-9(10)8-3-4-8/h1-2,5-6,8H,3-4H2. The normalized spacial score (nSPS) is 16.3. The fourth-order valence-corrected chi connectivity index (χ4v) is 3.23. The summed E-state index contributed by atoms with van der Waals surface area (Å²) in [5, 5.41) is 7.79. The lowest BCUT2D eigenvalue weighted by molar-refractivity contribution is 1.15. The third-order valence-corrected chi connectivity index (χ3v) is 4.00. The van der Waals surface area contributed by atoms with Crippen LogP contribution in [0.5, 0.6) is 0 Å². The van der Waals surface area contributed by atoms with Crippen LogP contribution in [0.25, 0.3) is 10.4 Å². The van der Waals surface area contributed by atoms with E-state index in [1.54, 1.807) is 11.3 Å². The molecule has 3 rings (SSSR count). The summed E-state index contributed by atoms with van der Waals surface area (Å²) in [5.41, 5.74) is 2.90. The Kier molecular flexibility index (Phi) is 1.77. The van der Waals surface area contributed by atoms with Gasteiger partial charge in [-0.25, -0.2) is 0 Å². The van der Waals surface area contributed by atoms with Crippen LogP contribution in [0.2, 0.25) is 0 Å². The summed E-state index contributed by atoms with van der Waals surface area (Å²) < 4.78 is 0. The lowest BCUT2D eigenvalue weighted by Gasteiger charge is -1.97. The van der Waals surface area contributed by atoms with Gasteiger partial charge >= 0.3 is 0 Å². The largest absolute Gasteiger partial charge is 0.144 e. The Labute approximate surface area is 85.9 Å². The highest BCUT2D eigenvalue weighted by molar-refractivity contribution is 7.14. The zero-order chi connectivity index (χ0) is 8.67. The molecule has 2 aromatic heterocycles. The average molecular weight is 205 g/mol. The topological polar surface area (TPSA) is 0 Å². The summed E-state index contributed by atoms with van der Waals surface area (Å²) in [6.45, 7) is 0. The van der Waals surface area contributed by atoms with Crippen molar-refractivity contribution >= 4 is 22.7 Å².